The Morgan fingerprint density at radius 1 is 1.15 bits per heavy atom. The molecule has 1 N–H and O–H groups in total. The molecule has 1 saturated heterocycles. The smallest absolute Gasteiger partial charge is 0.321 e. The van der Waals surface area contributed by atoms with Crippen LogP contribution in [0.3, 0.4) is 0 Å². The summed E-state index contributed by atoms with van der Waals surface area (Å²) in [4.78, 5) is 28.0. The number of hydrogen-bond acceptors (Lipinski definition) is 7. The van der Waals surface area contributed by atoms with E-state index >= 15 is 8.78 Å². The number of alkyl halides is 1. The minimum Gasteiger partial charge on any atom is -0.424 e. The first-order valence-corrected chi connectivity index (χ1v) is 14.8. The lowest BCUT2D eigenvalue weighted by Crippen LogP contribution is -2.45. The van der Waals surface area contributed by atoms with Gasteiger partial charge in [0.15, 0.2) is 5.52 Å². The Bertz CT molecular complexity index is 1980. The molecule has 14 heteroatoms. The van der Waals surface area contributed by atoms with Crippen molar-refractivity contribution in [3.8, 4) is 22.9 Å². The van der Waals surface area contributed by atoms with Gasteiger partial charge in [-0.2, -0.15) is 4.31 Å². The monoisotopic (exact) mass is 600 g/mol. The number of nitrogens with one attached hydrogen (secondary N) is 1. The Kier molecular flexibility index (Phi) is 6.75. The predicted molar refractivity (Wildman–Crippen MR) is 150 cm³/mol. The lowest BCUT2D eigenvalue weighted by molar-refractivity contribution is 0.139. The first kappa shape index (κ1) is 27.2. The minimum atomic E-state index is -3.57. The summed E-state index contributed by atoms with van der Waals surface area (Å²) in [6.45, 7) is 1.45. The molecule has 1 aliphatic rings. The fraction of sp³-hybridized carbons (Fsp3) is 0.259. The number of pyridine rings is 1. The van der Waals surface area contributed by atoms with E-state index in [0.29, 0.717) is 28.0 Å². The molecule has 2 atom stereocenters. The zero-order valence-electron chi connectivity index (χ0n) is 21.8. The standard InChI is InChI=1S/C27H23ClF2N6O4S/c1-14-33-24-25(36(14)23-6-9-35(13-21(23)30)41(2,38)39)18-11-17(20(29)12-22(18)34-26(24)37)16-5-4-15(10-19(16)28)40-27-31-7-3-8-32-27/h3-5,7-8,10-12,21,23H,6,9,13H2,1-2H3,(H,34,37)/t21-,23-/m0/s1. The Morgan fingerprint density at radius 2 is 1.90 bits per heavy atom. The number of aryl methyl sites for hydroxylation is 1. The van der Waals surface area contributed by atoms with Crippen LogP contribution in [0.1, 0.15) is 18.3 Å². The second kappa shape index (κ2) is 10.2. The third-order valence-corrected chi connectivity index (χ3v) is 8.75. The summed E-state index contributed by atoms with van der Waals surface area (Å²) in [6, 6.07) is 8.42. The van der Waals surface area contributed by atoms with Gasteiger partial charge in [-0.3, -0.25) is 4.79 Å². The molecule has 10 nitrogen and oxygen atoms in total. The lowest BCUT2D eigenvalue weighted by atomic mass is 10.0. The average Bonchev–Trinajstić information content (AvgIpc) is 3.26. The van der Waals surface area contributed by atoms with Gasteiger partial charge in [0.05, 0.1) is 28.4 Å². The Labute approximate surface area is 237 Å². The number of nitrogens with zero attached hydrogens (tertiary/aromatic N) is 5. The van der Waals surface area contributed by atoms with Crippen LogP contribution in [0, 0.1) is 12.7 Å². The van der Waals surface area contributed by atoms with Crippen molar-refractivity contribution in [2.24, 2.45) is 0 Å². The van der Waals surface area contributed by atoms with Crippen molar-refractivity contribution in [2.75, 3.05) is 19.3 Å². The van der Waals surface area contributed by atoms with Crippen molar-refractivity contribution < 1.29 is 21.9 Å². The number of halogens is 3. The van der Waals surface area contributed by atoms with Crippen molar-refractivity contribution in [1.29, 1.82) is 0 Å². The SMILES string of the molecule is Cc1nc2c(=O)[nH]c3cc(F)c(-c4ccc(Oc5ncccn5)cc4Cl)cc3c2n1[C@H]1CCN(S(C)(=O)=O)C[C@@H]1F. The van der Waals surface area contributed by atoms with Gasteiger partial charge in [-0.1, -0.05) is 11.6 Å². The average molecular weight is 601 g/mol. The molecular weight excluding hydrogens is 578 g/mol. The third kappa shape index (κ3) is 4.94. The van der Waals surface area contributed by atoms with Gasteiger partial charge in [0, 0.05) is 48.1 Å². The maximum absolute atomic E-state index is 15.5. The highest BCUT2D eigenvalue weighted by atomic mass is 35.5. The molecule has 6 rings (SSSR count). The van der Waals surface area contributed by atoms with E-state index in [-0.39, 0.29) is 47.1 Å². The third-order valence-electron chi connectivity index (χ3n) is 7.17. The second-order valence-electron chi connectivity index (χ2n) is 9.83. The fourth-order valence-electron chi connectivity index (χ4n) is 5.30. The number of H-pyrrole nitrogens is 1. The van der Waals surface area contributed by atoms with Crippen LogP contribution in [0.5, 0.6) is 11.8 Å². The summed E-state index contributed by atoms with van der Waals surface area (Å²) in [5.41, 5.74) is 0.564. The first-order valence-electron chi connectivity index (χ1n) is 12.6. The van der Waals surface area contributed by atoms with E-state index in [0.717, 1.165) is 10.6 Å². The van der Waals surface area contributed by atoms with Gasteiger partial charge < -0.3 is 14.3 Å². The van der Waals surface area contributed by atoms with Crippen molar-refractivity contribution in [3.05, 3.63) is 75.8 Å². The number of imidazole rings is 1. The normalized spacial score (nSPS) is 18.3. The molecule has 3 aromatic heterocycles. The predicted octanol–water partition coefficient (Wildman–Crippen LogP) is 4.77. The maximum atomic E-state index is 15.5. The van der Waals surface area contributed by atoms with Gasteiger partial charge >= 0.3 is 6.01 Å². The molecule has 0 unspecified atom stereocenters. The van der Waals surface area contributed by atoms with Gasteiger partial charge in [-0.15, -0.1) is 0 Å². The molecule has 212 valence electrons. The number of fused-ring (bicyclic) bond motifs is 3. The van der Waals surface area contributed by atoms with Crippen LogP contribution < -0.4 is 10.3 Å². The number of sulfonamides is 1. The Balaban J connectivity index is 1.47. The van der Waals surface area contributed by atoms with Crippen molar-refractivity contribution in [3.63, 3.8) is 0 Å². The number of benzene rings is 2. The van der Waals surface area contributed by atoms with Crippen LogP contribution in [0.4, 0.5) is 8.78 Å². The van der Waals surface area contributed by atoms with Gasteiger partial charge in [0.2, 0.25) is 10.0 Å². The van der Waals surface area contributed by atoms with Crippen LogP contribution in [-0.4, -0.2) is 62.7 Å². The maximum Gasteiger partial charge on any atom is 0.321 e. The number of ether oxygens (including phenoxy) is 1. The van der Waals surface area contributed by atoms with Gasteiger partial charge in [-0.25, -0.2) is 32.2 Å². The number of rotatable bonds is 5. The molecule has 0 aliphatic carbocycles. The molecule has 1 fully saturated rings. The Hall–Kier alpha value is -3.94. The highest BCUT2D eigenvalue weighted by Gasteiger charge is 2.36. The largest absolute Gasteiger partial charge is 0.424 e. The second-order valence-corrected chi connectivity index (χ2v) is 12.2. The van der Waals surface area contributed by atoms with Crippen molar-refractivity contribution >= 4 is 43.6 Å². The number of aromatic nitrogens is 5. The first-order chi connectivity index (χ1) is 19.5. The summed E-state index contributed by atoms with van der Waals surface area (Å²) < 4.78 is 63.3. The van der Waals surface area contributed by atoms with E-state index in [1.54, 1.807) is 35.8 Å². The molecule has 2 aromatic carbocycles. The van der Waals surface area contributed by atoms with E-state index in [1.807, 2.05) is 0 Å². The van der Waals surface area contributed by atoms with Gasteiger partial charge in [0.25, 0.3) is 5.56 Å². The van der Waals surface area contributed by atoms with E-state index in [1.165, 1.54) is 24.5 Å². The van der Waals surface area contributed by atoms with Crippen LogP contribution in [0.25, 0.3) is 33.1 Å². The fourth-order valence-corrected chi connectivity index (χ4v) is 6.43. The van der Waals surface area contributed by atoms with Crippen LogP contribution >= 0.6 is 11.6 Å². The Morgan fingerprint density at radius 3 is 2.59 bits per heavy atom. The molecule has 4 heterocycles. The quantitative estimate of drug-likeness (QED) is 0.308. The molecule has 1 aliphatic heterocycles. The summed E-state index contributed by atoms with van der Waals surface area (Å²) in [5.74, 6) is 0.0927. The van der Waals surface area contributed by atoms with E-state index in [4.69, 9.17) is 16.3 Å². The van der Waals surface area contributed by atoms with Gasteiger partial charge in [-0.05, 0) is 43.7 Å². The number of piperidine rings is 1. The highest BCUT2D eigenvalue weighted by molar-refractivity contribution is 7.88. The summed E-state index contributed by atoms with van der Waals surface area (Å²) in [6.07, 6.45) is 2.71. The zero-order valence-corrected chi connectivity index (χ0v) is 23.4. The highest BCUT2D eigenvalue weighted by Crippen LogP contribution is 2.38. The van der Waals surface area contributed by atoms with Crippen molar-refractivity contribution in [2.45, 2.75) is 25.6 Å². The molecule has 0 amide bonds. The van der Waals surface area contributed by atoms with Gasteiger partial charge in [0.1, 0.15) is 23.6 Å². The summed E-state index contributed by atoms with van der Waals surface area (Å²) >= 11 is 6.56. The molecular formula is C27H23ClF2N6O4S. The number of aromatic amines is 1. The van der Waals surface area contributed by atoms with E-state index in [9.17, 15) is 13.2 Å². The van der Waals surface area contributed by atoms with Crippen LogP contribution in [0.15, 0.2) is 53.6 Å². The molecule has 0 radical (unpaired) electrons. The summed E-state index contributed by atoms with van der Waals surface area (Å²) in [7, 11) is -3.57. The molecule has 41 heavy (non-hydrogen) atoms. The summed E-state index contributed by atoms with van der Waals surface area (Å²) in [5, 5.41) is 0.627. The molecule has 0 saturated carbocycles. The van der Waals surface area contributed by atoms with E-state index in [2.05, 4.69) is 19.9 Å². The van der Waals surface area contributed by atoms with Crippen molar-refractivity contribution in [1.82, 2.24) is 28.8 Å². The zero-order chi connectivity index (χ0) is 29.1. The lowest BCUT2D eigenvalue weighted by Gasteiger charge is -2.34. The van der Waals surface area contributed by atoms with Crippen LogP contribution in [0.2, 0.25) is 5.02 Å². The minimum absolute atomic E-state index is 0.0722. The van der Waals surface area contributed by atoms with Crippen LogP contribution in [-0.2, 0) is 10.0 Å². The topological polar surface area (TPSA) is 123 Å². The molecule has 0 spiro atoms. The molecule has 0 bridgehead atoms. The molecule has 5 aromatic rings. The number of hydrogen-bond donors (Lipinski definition) is 1. The van der Waals surface area contributed by atoms with E-state index < -0.39 is 33.6 Å².